The first-order chi connectivity index (χ1) is 5.53. The molecule has 0 aromatic rings. The zero-order chi connectivity index (χ0) is 9.19. The molecule has 1 N–H and O–H groups in total. The maximum Gasteiger partial charge on any atom is 0.230 e. The maximum absolute atomic E-state index is 10.9. The van der Waals surface area contributed by atoms with E-state index in [4.69, 9.17) is 0 Å². The van der Waals surface area contributed by atoms with Crippen molar-refractivity contribution in [1.82, 2.24) is 5.32 Å². The quantitative estimate of drug-likeness (QED) is 0.591. The van der Waals surface area contributed by atoms with Crippen molar-refractivity contribution in [1.29, 1.82) is 0 Å². The SMILES string of the molecule is O=C(CS)NC1C=CS(=O)(=O)C1. The summed E-state index contributed by atoms with van der Waals surface area (Å²) < 4.78 is 21.7. The summed E-state index contributed by atoms with van der Waals surface area (Å²) in [6, 6.07) is -0.380. The molecule has 1 atom stereocenters. The highest BCUT2D eigenvalue weighted by atomic mass is 32.2. The molecular formula is C6H9NO3S2. The van der Waals surface area contributed by atoms with Crippen molar-refractivity contribution in [2.75, 3.05) is 11.5 Å². The zero-order valence-corrected chi connectivity index (χ0v) is 7.94. The van der Waals surface area contributed by atoms with Crippen molar-refractivity contribution in [3.8, 4) is 0 Å². The number of carbonyl (C=O) groups excluding carboxylic acids is 1. The molecule has 1 amide bonds. The van der Waals surface area contributed by atoms with Crippen molar-refractivity contribution >= 4 is 28.4 Å². The number of carbonyl (C=O) groups is 1. The van der Waals surface area contributed by atoms with Crippen LogP contribution in [-0.2, 0) is 14.6 Å². The number of sulfone groups is 1. The lowest BCUT2D eigenvalue weighted by Crippen LogP contribution is -2.36. The van der Waals surface area contributed by atoms with Gasteiger partial charge >= 0.3 is 0 Å². The number of rotatable bonds is 2. The van der Waals surface area contributed by atoms with Crippen molar-refractivity contribution in [2.45, 2.75) is 6.04 Å². The molecule has 0 radical (unpaired) electrons. The van der Waals surface area contributed by atoms with Gasteiger partial charge in [-0.1, -0.05) is 0 Å². The van der Waals surface area contributed by atoms with Crippen LogP contribution >= 0.6 is 12.6 Å². The Labute approximate surface area is 76.4 Å². The van der Waals surface area contributed by atoms with E-state index in [1.54, 1.807) is 0 Å². The third-order valence-electron chi connectivity index (χ3n) is 1.42. The number of hydrogen-bond acceptors (Lipinski definition) is 4. The van der Waals surface area contributed by atoms with Crippen LogP contribution in [0.4, 0.5) is 0 Å². The van der Waals surface area contributed by atoms with Gasteiger partial charge < -0.3 is 5.32 Å². The average Bonchev–Trinajstić information content (AvgIpc) is 2.30. The lowest BCUT2D eigenvalue weighted by atomic mass is 10.3. The molecule has 12 heavy (non-hydrogen) atoms. The second kappa shape index (κ2) is 3.49. The van der Waals surface area contributed by atoms with Gasteiger partial charge in [-0.2, -0.15) is 12.6 Å². The summed E-state index contributed by atoms with van der Waals surface area (Å²) in [7, 11) is -3.07. The highest BCUT2D eigenvalue weighted by Crippen LogP contribution is 2.07. The zero-order valence-electron chi connectivity index (χ0n) is 6.23. The summed E-state index contributed by atoms with van der Waals surface area (Å²) in [6.07, 6.45) is 1.47. The summed E-state index contributed by atoms with van der Waals surface area (Å²) in [5.41, 5.74) is 0. The van der Waals surface area contributed by atoms with Gasteiger partial charge in [-0.15, -0.1) is 0 Å². The number of hydrogen-bond donors (Lipinski definition) is 2. The standard InChI is InChI=1S/C6H9NO3S2/c8-6(3-11)7-5-1-2-12(9,10)4-5/h1-2,5,11H,3-4H2,(H,7,8). The molecule has 0 saturated heterocycles. The fourth-order valence-corrected chi connectivity index (χ4v) is 2.24. The predicted molar refractivity (Wildman–Crippen MR) is 48.7 cm³/mol. The summed E-state index contributed by atoms with van der Waals surface area (Å²) in [5.74, 6) is -0.221. The molecule has 68 valence electrons. The first-order valence-electron chi connectivity index (χ1n) is 3.35. The second-order valence-corrected chi connectivity index (χ2v) is 4.74. The van der Waals surface area contributed by atoms with Gasteiger partial charge in [-0.3, -0.25) is 4.79 Å². The molecule has 0 saturated carbocycles. The predicted octanol–water partition coefficient (Wildman–Crippen LogP) is -0.657. The van der Waals surface area contributed by atoms with Crippen LogP contribution in [0.3, 0.4) is 0 Å². The first-order valence-corrected chi connectivity index (χ1v) is 5.69. The smallest absolute Gasteiger partial charge is 0.230 e. The summed E-state index contributed by atoms with van der Waals surface area (Å²) >= 11 is 3.75. The first kappa shape index (κ1) is 9.60. The lowest BCUT2D eigenvalue weighted by Gasteiger charge is -2.07. The van der Waals surface area contributed by atoms with Crippen molar-refractivity contribution < 1.29 is 13.2 Å². The van der Waals surface area contributed by atoms with E-state index in [2.05, 4.69) is 17.9 Å². The second-order valence-electron chi connectivity index (χ2n) is 2.49. The van der Waals surface area contributed by atoms with Gasteiger partial charge in [0, 0.05) is 5.41 Å². The Bertz CT molecular complexity index is 307. The Kier molecular flexibility index (Phi) is 2.79. The summed E-state index contributed by atoms with van der Waals surface area (Å²) in [5, 5.41) is 3.62. The number of amides is 1. The van der Waals surface area contributed by atoms with E-state index in [9.17, 15) is 13.2 Å². The van der Waals surface area contributed by atoms with Crippen LogP contribution in [0.5, 0.6) is 0 Å². The third-order valence-corrected chi connectivity index (χ3v) is 3.10. The van der Waals surface area contributed by atoms with Gasteiger partial charge in [0.15, 0.2) is 9.84 Å². The average molecular weight is 207 g/mol. The highest BCUT2D eigenvalue weighted by Gasteiger charge is 2.22. The van der Waals surface area contributed by atoms with Crippen molar-refractivity contribution in [3.63, 3.8) is 0 Å². The minimum Gasteiger partial charge on any atom is -0.348 e. The molecule has 1 aliphatic rings. The van der Waals surface area contributed by atoms with E-state index in [1.807, 2.05) is 0 Å². The molecule has 0 aliphatic carbocycles. The van der Waals surface area contributed by atoms with Gasteiger partial charge in [-0.05, 0) is 6.08 Å². The topological polar surface area (TPSA) is 63.2 Å². The Morgan fingerprint density at radius 2 is 2.33 bits per heavy atom. The van der Waals surface area contributed by atoms with Crippen LogP contribution in [0.2, 0.25) is 0 Å². The van der Waals surface area contributed by atoms with E-state index in [1.165, 1.54) is 6.08 Å². The molecule has 0 spiro atoms. The van der Waals surface area contributed by atoms with Gasteiger partial charge in [0.05, 0.1) is 17.5 Å². The number of nitrogens with one attached hydrogen (secondary N) is 1. The van der Waals surface area contributed by atoms with E-state index in [0.717, 1.165) is 5.41 Å². The third kappa shape index (κ3) is 2.53. The van der Waals surface area contributed by atoms with Crippen LogP contribution in [-0.4, -0.2) is 31.9 Å². The molecule has 0 aromatic carbocycles. The Hall–Kier alpha value is -0.490. The molecule has 0 fully saturated rings. The monoisotopic (exact) mass is 207 g/mol. The minimum atomic E-state index is -3.07. The lowest BCUT2D eigenvalue weighted by molar-refractivity contribution is -0.118. The normalized spacial score (nSPS) is 25.6. The molecule has 1 rings (SSSR count). The Morgan fingerprint density at radius 3 is 2.75 bits per heavy atom. The Morgan fingerprint density at radius 1 is 1.67 bits per heavy atom. The van der Waals surface area contributed by atoms with Crippen molar-refractivity contribution in [2.24, 2.45) is 0 Å². The summed E-state index contributed by atoms with van der Waals surface area (Å²) in [6.45, 7) is 0. The van der Waals surface area contributed by atoms with E-state index >= 15 is 0 Å². The molecule has 1 heterocycles. The summed E-state index contributed by atoms with van der Waals surface area (Å²) in [4.78, 5) is 10.8. The van der Waals surface area contributed by atoms with Gasteiger partial charge in [0.2, 0.25) is 5.91 Å². The minimum absolute atomic E-state index is 0.0352. The molecule has 1 unspecified atom stereocenters. The van der Waals surface area contributed by atoms with Gasteiger partial charge in [-0.25, -0.2) is 8.42 Å². The van der Waals surface area contributed by atoms with Crippen LogP contribution < -0.4 is 5.32 Å². The molecule has 1 aliphatic heterocycles. The molecule has 0 aromatic heterocycles. The van der Waals surface area contributed by atoms with Gasteiger partial charge in [0.25, 0.3) is 0 Å². The van der Waals surface area contributed by atoms with E-state index in [0.29, 0.717) is 0 Å². The molecule has 6 heteroatoms. The Balaban J connectivity index is 2.51. The van der Waals surface area contributed by atoms with Crippen LogP contribution in [0.25, 0.3) is 0 Å². The molecule has 0 bridgehead atoms. The largest absolute Gasteiger partial charge is 0.348 e. The van der Waals surface area contributed by atoms with Crippen LogP contribution in [0, 0.1) is 0 Å². The maximum atomic E-state index is 10.9. The van der Waals surface area contributed by atoms with E-state index < -0.39 is 9.84 Å². The van der Waals surface area contributed by atoms with Crippen molar-refractivity contribution in [3.05, 3.63) is 11.5 Å². The van der Waals surface area contributed by atoms with E-state index in [-0.39, 0.29) is 23.5 Å². The fraction of sp³-hybridized carbons (Fsp3) is 0.500. The fourth-order valence-electron chi connectivity index (χ4n) is 0.918. The molecule has 4 nitrogen and oxygen atoms in total. The van der Waals surface area contributed by atoms with Crippen LogP contribution in [0.1, 0.15) is 0 Å². The van der Waals surface area contributed by atoms with Crippen LogP contribution in [0.15, 0.2) is 11.5 Å². The van der Waals surface area contributed by atoms with Gasteiger partial charge in [0.1, 0.15) is 0 Å². The molecular weight excluding hydrogens is 198 g/mol. The number of thiol groups is 1. The highest BCUT2D eigenvalue weighted by molar-refractivity contribution is 7.94.